The molecule has 1 amide bonds. The fourth-order valence-electron chi connectivity index (χ4n) is 2.01. The van der Waals surface area contributed by atoms with Crippen LogP contribution in [0, 0.1) is 0 Å². The van der Waals surface area contributed by atoms with Gasteiger partial charge in [0, 0.05) is 6.54 Å². The Morgan fingerprint density at radius 2 is 2.14 bits per heavy atom. The van der Waals surface area contributed by atoms with Gasteiger partial charge in [-0.15, -0.1) is 11.3 Å². The fraction of sp³-hybridized carbons (Fsp3) is 0.312. The van der Waals surface area contributed by atoms with Gasteiger partial charge in [-0.2, -0.15) is 0 Å². The number of rotatable bonds is 7. The first kappa shape index (κ1) is 16.2. The Balaban J connectivity index is 1.86. The average molecular weight is 318 g/mol. The van der Waals surface area contributed by atoms with Crippen LogP contribution >= 0.6 is 11.3 Å². The number of thiazole rings is 1. The van der Waals surface area contributed by atoms with Crippen LogP contribution < -0.4 is 5.32 Å². The van der Waals surface area contributed by atoms with Crippen LogP contribution in [-0.4, -0.2) is 28.5 Å². The van der Waals surface area contributed by atoms with Gasteiger partial charge in [0.1, 0.15) is 4.88 Å². The Hall–Kier alpha value is -2.21. The Bertz CT molecular complexity index is 667. The van der Waals surface area contributed by atoms with E-state index in [0.29, 0.717) is 17.8 Å². The summed E-state index contributed by atoms with van der Waals surface area (Å²) in [6, 6.07) is 6.74. The standard InChI is InChI=1S/C16H18N2O3S/c1-2-4-14-18-10-13(22-14)15(19)17-8-7-11-5-3-6-12(9-11)16(20)21/h3,5-6,9-10H,2,4,7-8H2,1H3,(H,17,19)(H,20,21). The van der Waals surface area contributed by atoms with Crippen molar-refractivity contribution in [1.82, 2.24) is 10.3 Å². The van der Waals surface area contributed by atoms with Crippen LogP contribution in [0.2, 0.25) is 0 Å². The SMILES string of the molecule is CCCc1ncc(C(=O)NCCc2cccc(C(=O)O)c2)s1. The van der Waals surface area contributed by atoms with Crippen LogP contribution in [-0.2, 0) is 12.8 Å². The number of carboxylic acids is 1. The van der Waals surface area contributed by atoms with Crippen LogP contribution in [0.15, 0.2) is 30.5 Å². The molecule has 1 heterocycles. The van der Waals surface area contributed by atoms with Gasteiger partial charge in [0.15, 0.2) is 0 Å². The molecular formula is C16H18N2O3S. The Kier molecular flexibility index (Phi) is 5.66. The maximum atomic E-state index is 12.0. The van der Waals surface area contributed by atoms with Crippen LogP contribution in [0.25, 0.3) is 0 Å². The number of nitrogens with zero attached hydrogens (tertiary/aromatic N) is 1. The molecule has 5 nitrogen and oxygen atoms in total. The predicted molar refractivity (Wildman–Crippen MR) is 85.5 cm³/mol. The van der Waals surface area contributed by atoms with Crippen molar-refractivity contribution >= 4 is 23.2 Å². The Morgan fingerprint density at radius 3 is 2.86 bits per heavy atom. The molecule has 22 heavy (non-hydrogen) atoms. The van der Waals surface area contributed by atoms with Gasteiger partial charge in [0.05, 0.1) is 16.8 Å². The zero-order valence-corrected chi connectivity index (χ0v) is 13.2. The van der Waals surface area contributed by atoms with Gasteiger partial charge >= 0.3 is 5.97 Å². The summed E-state index contributed by atoms with van der Waals surface area (Å²) < 4.78 is 0. The summed E-state index contributed by atoms with van der Waals surface area (Å²) in [6.07, 6.45) is 4.10. The highest BCUT2D eigenvalue weighted by atomic mass is 32.1. The number of hydrogen-bond acceptors (Lipinski definition) is 4. The van der Waals surface area contributed by atoms with Gasteiger partial charge in [-0.3, -0.25) is 4.79 Å². The zero-order valence-electron chi connectivity index (χ0n) is 12.3. The summed E-state index contributed by atoms with van der Waals surface area (Å²) in [5.74, 6) is -1.08. The lowest BCUT2D eigenvalue weighted by Crippen LogP contribution is -2.24. The van der Waals surface area contributed by atoms with Crippen LogP contribution in [0.5, 0.6) is 0 Å². The third-order valence-corrected chi connectivity index (χ3v) is 4.17. The highest BCUT2D eigenvalue weighted by molar-refractivity contribution is 7.13. The first-order valence-electron chi connectivity index (χ1n) is 7.15. The van der Waals surface area contributed by atoms with Gasteiger partial charge in [-0.1, -0.05) is 19.1 Å². The first-order valence-corrected chi connectivity index (χ1v) is 7.97. The number of carbonyl (C=O) groups is 2. The van der Waals surface area contributed by atoms with Crippen LogP contribution in [0.1, 0.15) is 43.9 Å². The molecule has 0 aliphatic rings. The largest absolute Gasteiger partial charge is 0.478 e. The number of nitrogens with one attached hydrogen (secondary N) is 1. The molecule has 0 aliphatic carbocycles. The van der Waals surface area contributed by atoms with Crippen molar-refractivity contribution in [3.8, 4) is 0 Å². The van der Waals surface area contributed by atoms with Gasteiger partial charge in [0.2, 0.25) is 0 Å². The molecule has 2 N–H and O–H groups in total. The maximum absolute atomic E-state index is 12.0. The van der Waals surface area contributed by atoms with E-state index in [4.69, 9.17) is 5.11 Å². The first-order chi connectivity index (χ1) is 10.6. The Morgan fingerprint density at radius 1 is 1.32 bits per heavy atom. The van der Waals surface area contributed by atoms with E-state index >= 15 is 0 Å². The van der Waals surface area contributed by atoms with Crippen molar-refractivity contribution in [3.63, 3.8) is 0 Å². The number of carboxylic acid groups (broad SMARTS) is 1. The number of benzene rings is 1. The van der Waals surface area contributed by atoms with Gasteiger partial charge in [-0.05, 0) is 37.0 Å². The van der Waals surface area contributed by atoms with E-state index in [-0.39, 0.29) is 11.5 Å². The zero-order chi connectivity index (χ0) is 15.9. The average Bonchev–Trinajstić information content (AvgIpc) is 2.96. The van der Waals surface area contributed by atoms with Crippen molar-refractivity contribution in [3.05, 3.63) is 51.5 Å². The normalized spacial score (nSPS) is 10.4. The lowest BCUT2D eigenvalue weighted by molar-refractivity contribution is 0.0696. The molecular weight excluding hydrogens is 300 g/mol. The molecule has 0 spiro atoms. The molecule has 0 aliphatic heterocycles. The van der Waals surface area contributed by atoms with E-state index in [9.17, 15) is 9.59 Å². The number of aryl methyl sites for hydroxylation is 1. The number of amides is 1. The summed E-state index contributed by atoms with van der Waals surface area (Å²) in [7, 11) is 0. The topological polar surface area (TPSA) is 79.3 Å². The molecule has 0 saturated heterocycles. The lowest BCUT2D eigenvalue weighted by Gasteiger charge is -2.04. The number of carbonyl (C=O) groups excluding carboxylic acids is 1. The molecule has 2 aromatic rings. The van der Waals surface area contributed by atoms with Crippen molar-refractivity contribution < 1.29 is 14.7 Å². The summed E-state index contributed by atoms with van der Waals surface area (Å²) in [5.41, 5.74) is 1.15. The van der Waals surface area contributed by atoms with Crippen molar-refractivity contribution in [1.29, 1.82) is 0 Å². The van der Waals surface area contributed by atoms with E-state index < -0.39 is 5.97 Å². The summed E-state index contributed by atoms with van der Waals surface area (Å²) in [6.45, 7) is 2.54. The minimum absolute atomic E-state index is 0.130. The van der Waals surface area contributed by atoms with E-state index in [1.54, 1.807) is 24.4 Å². The molecule has 116 valence electrons. The quantitative estimate of drug-likeness (QED) is 0.822. The van der Waals surface area contributed by atoms with Crippen molar-refractivity contribution in [2.24, 2.45) is 0 Å². The van der Waals surface area contributed by atoms with Gasteiger partial charge < -0.3 is 10.4 Å². The number of aromatic nitrogens is 1. The molecule has 0 unspecified atom stereocenters. The fourth-order valence-corrected chi connectivity index (χ4v) is 2.95. The highest BCUT2D eigenvalue weighted by Gasteiger charge is 2.10. The molecule has 1 aromatic carbocycles. The molecule has 0 fully saturated rings. The maximum Gasteiger partial charge on any atom is 0.335 e. The minimum Gasteiger partial charge on any atom is -0.478 e. The molecule has 2 rings (SSSR count). The van der Waals surface area contributed by atoms with Crippen molar-refractivity contribution in [2.45, 2.75) is 26.2 Å². The molecule has 0 radical (unpaired) electrons. The second-order valence-corrected chi connectivity index (χ2v) is 5.99. The second-order valence-electron chi connectivity index (χ2n) is 4.88. The van der Waals surface area contributed by atoms with E-state index in [2.05, 4.69) is 17.2 Å². The summed E-state index contributed by atoms with van der Waals surface area (Å²) >= 11 is 1.42. The lowest BCUT2D eigenvalue weighted by atomic mass is 10.1. The van der Waals surface area contributed by atoms with Crippen LogP contribution in [0.4, 0.5) is 0 Å². The monoisotopic (exact) mass is 318 g/mol. The molecule has 0 atom stereocenters. The molecule has 0 saturated carbocycles. The summed E-state index contributed by atoms with van der Waals surface area (Å²) in [4.78, 5) is 27.7. The number of aromatic carboxylic acids is 1. The minimum atomic E-state index is -0.945. The summed E-state index contributed by atoms with van der Waals surface area (Å²) in [5, 5.41) is 12.8. The Labute approximate surface area is 133 Å². The van der Waals surface area contributed by atoms with E-state index in [1.807, 2.05) is 6.07 Å². The molecule has 1 aromatic heterocycles. The van der Waals surface area contributed by atoms with Gasteiger partial charge in [0.25, 0.3) is 5.91 Å². The third-order valence-electron chi connectivity index (χ3n) is 3.11. The second kappa shape index (κ2) is 7.70. The smallest absolute Gasteiger partial charge is 0.335 e. The van der Waals surface area contributed by atoms with Gasteiger partial charge in [-0.25, -0.2) is 9.78 Å². The molecule has 0 bridgehead atoms. The van der Waals surface area contributed by atoms with E-state index in [0.717, 1.165) is 23.4 Å². The molecule has 6 heteroatoms. The third kappa shape index (κ3) is 4.39. The highest BCUT2D eigenvalue weighted by Crippen LogP contribution is 2.14. The van der Waals surface area contributed by atoms with Crippen LogP contribution in [0.3, 0.4) is 0 Å². The van der Waals surface area contributed by atoms with E-state index in [1.165, 1.54) is 11.3 Å². The number of hydrogen-bond donors (Lipinski definition) is 2. The van der Waals surface area contributed by atoms with Crippen molar-refractivity contribution in [2.75, 3.05) is 6.54 Å². The predicted octanol–water partition coefficient (Wildman–Crippen LogP) is 2.77.